The van der Waals surface area contributed by atoms with Crippen molar-refractivity contribution in [2.75, 3.05) is 13.2 Å². The lowest BCUT2D eigenvalue weighted by atomic mass is 10.1. The molecule has 1 N–H and O–H groups in total. The fourth-order valence-electron chi connectivity index (χ4n) is 2.12. The first kappa shape index (κ1) is 13.5. The molecule has 2 heterocycles. The lowest BCUT2D eigenvalue weighted by Gasteiger charge is -2.13. The molecule has 1 aliphatic heterocycles. The Bertz CT molecular complexity index is 613. The first-order chi connectivity index (χ1) is 10.3. The molecule has 1 amide bonds. The van der Waals surface area contributed by atoms with E-state index in [4.69, 9.17) is 9.47 Å². The molecule has 1 aromatic carbocycles. The van der Waals surface area contributed by atoms with Crippen LogP contribution in [0.4, 0.5) is 0 Å². The molecule has 1 fully saturated rings. The highest BCUT2D eigenvalue weighted by Gasteiger charge is 2.20. The number of benzene rings is 1. The molecule has 0 bridgehead atoms. The molecule has 1 aliphatic rings. The van der Waals surface area contributed by atoms with E-state index in [2.05, 4.69) is 15.3 Å². The Hall–Kier alpha value is -2.47. The third-order valence-corrected chi connectivity index (χ3v) is 3.16. The van der Waals surface area contributed by atoms with Gasteiger partial charge in [0.15, 0.2) is 5.75 Å². The van der Waals surface area contributed by atoms with Gasteiger partial charge in [0.05, 0.1) is 30.6 Å². The Morgan fingerprint density at radius 3 is 2.86 bits per heavy atom. The monoisotopic (exact) mass is 285 g/mol. The first-order valence-electron chi connectivity index (χ1n) is 6.73. The summed E-state index contributed by atoms with van der Waals surface area (Å²) in [7, 11) is 0. The Balaban J connectivity index is 1.77. The highest BCUT2D eigenvalue weighted by atomic mass is 16.5. The number of hydrogen-bond acceptors (Lipinski definition) is 5. The van der Waals surface area contributed by atoms with E-state index in [9.17, 15) is 4.79 Å². The van der Waals surface area contributed by atoms with Gasteiger partial charge >= 0.3 is 0 Å². The van der Waals surface area contributed by atoms with E-state index in [-0.39, 0.29) is 11.9 Å². The predicted octanol–water partition coefficient (Wildman–Crippen LogP) is 1.79. The van der Waals surface area contributed by atoms with Gasteiger partial charge in [-0.25, -0.2) is 9.97 Å². The Kier molecular flexibility index (Phi) is 4.07. The summed E-state index contributed by atoms with van der Waals surface area (Å²) in [4.78, 5) is 20.1. The van der Waals surface area contributed by atoms with Crippen LogP contribution in [0.1, 0.15) is 16.8 Å². The summed E-state index contributed by atoms with van der Waals surface area (Å²) in [6.45, 7) is 1.24. The van der Waals surface area contributed by atoms with Crippen molar-refractivity contribution in [2.45, 2.75) is 12.5 Å². The lowest BCUT2D eigenvalue weighted by Crippen LogP contribution is -2.35. The van der Waals surface area contributed by atoms with E-state index >= 15 is 0 Å². The van der Waals surface area contributed by atoms with Crippen LogP contribution in [-0.2, 0) is 4.74 Å². The molecule has 6 nitrogen and oxygen atoms in total. The van der Waals surface area contributed by atoms with Crippen LogP contribution < -0.4 is 10.1 Å². The van der Waals surface area contributed by atoms with Crippen LogP contribution in [-0.4, -0.2) is 35.1 Å². The Morgan fingerprint density at radius 2 is 2.10 bits per heavy atom. The number of aromatic nitrogens is 2. The van der Waals surface area contributed by atoms with E-state index in [0.29, 0.717) is 30.3 Å². The van der Waals surface area contributed by atoms with Gasteiger partial charge < -0.3 is 14.8 Å². The molecule has 1 saturated heterocycles. The van der Waals surface area contributed by atoms with Crippen LogP contribution >= 0.6 is 0 Å². The number of carbonyl (C=O) groups is 1. The van der Waals surface area contributed by atoms with Crippen molar-refractivity contribution >= 4 is 5.91 Å². The van der Waals surface area contributed by atoms with Crippen molar-refractivity contribution in [1.29, 1.82) is 0 Å². The number of nitrogens with one attached hydrogen (secondary N) is 1. The second-order valence-corrected chi connectivity index (χ2v) is 4.71. The van der Waals surface area contributed by atoms with Crippen LogP contribution in [0.15, 0.2) is 43.0 Å². The summed E-state index contributed by atoms with van der Waals surface area (Å²) in [5, 5.41) is 2.95. The van der Waals surface area contributed by atoms with E-state index in [0.717, 1.165) is 6.42 Å². The van der Waals surface area contributed by atoms with Gasteiger partial charge in [-0.2, -0.15) is 0 Å². The maximum Gasteiger partial charge on any atom is 0.255 e. The molecule has 0 unspecified atom stereocenters. The molecule has 0 saturated carbocycles. The minimum atomic E-state index is -0.169. The SMILES string of the molecule is O=C(N[C@H]1CCOC1)c1ccccc1Oc1cncnc1. The molecule has 2 aromatic rings. The fraction of sp³-hybridized carbons (Fsp3) is 0.267. The van der Waals surface area contributed by atoms with Gasteiger partial charge in [-0.15, -0.1) is 0 Å². The lowest BCUT2D eigenvalue weighted by molar-refractivity contribution is 0.0927. The number of amides is 1. The van der Waals surface area contributed by atoms with Crippen LogP contribution in [0.5, 0.6) is 11.5 Å². The number of ether oxygens (including phenoxy) is 2. The Labute approximate surface area is 122 Å². The van der Waals surface area contributed by atoms with Gasteiger partial charge in [0.2, 0.25) is 0 Å². The Morgan fingerprint density at radius 1 is 1.29 bits per heavy atom. The minimum absolute atomic E-state index is 0.0608. The summed E-state index contributed by atoms with van der Waals surface area (Å²) in [6.07, 6.45) is 5.35. The normalized spacial score (nSPS) is 17.4. The average molecular weight is 285 g/mol. The first-order valence-corrected chi connectivity index (χ1v) is 6.73. The van der Waals surface area contributed by atoms with Gasteiger partial charge in [0.25, 0.3) is 5.91 Å². The van der Waals surface area contributed by atoms with E-state index < -0.39 is 0 Å². The van der Waals surface area contributed by atoms with Gasteiger partial charge in [0, 0.05) is 6.61 Å². The molecule has 0 spiro atoms. The number of hydrogen-bond donors (Lipinski definition) is 1. The summed E-state index contributed by atoms with van der Waals surface area (Å²) in [5.74, 6) is 0.795. The molecular weight excluding hydrogens is 270 g/mol. The van der Waals surface area contributed by atoms with Crippen LogP contribution in [0.25, 0.3) is 0 Å². The molecule has 108 valence electrons. The third-order valence-electron chi connectivity index (χ3n) is 3.16. The number of nitrogens with zero attached hydrogens (tertiary/aromatic N) is 2. The average Bonchev–Trinajstić information content (AvgIpc) is 3.02. The minimum Gasteiger partial charge on any atom is -0.453 e. The van der Waals surface area contributed by atoms with Gasteiger partial charge in [-0.1, -0.05) is 12.1 Å². The predicted molar refractivity (Wildman–Crippen MR) is 75.2 cm³/mol. The van der Waals surface area contributed by atoms with Crippen molar-refractivity contribution < 1.29 is 14.3 Å². The zero-order valence-corrected chi connectivity index (χ0v) is 11.4. The molecule has 0 radical (unpaired) electrons. The summed E-state index contributed by atoms with van der Waals surface area (Å²) in [5.41, 5.74) is 0.480. The van der Waals surface area contributed by atoms with Gasteiger partial charge in [-0.05, 0) is 18.6 Å². The number of para-hydroxylation sites is 1. The zero-order chi connectivity index (χ0) is 14.5. The number of carbonyl (C=O) groups excluding carboxylic acids is 1. The van der Waals surface area contributed by atoms with E-state index in [1.54, 1.807) is 30.6 Å². The van der Waals surface area contributed by atoms with E-state index in [1.807, 2.05) is 6.07 Å². The molecule has 0 aliphatic carbocycles. The summed E-state index contributed by atoms with van der Waals surface area (Å²) < 4.78 is 10.9. The van der Waals surface area contributed by atoms with E-state index in [1.165, 1.54) is 6.33 Å². The highest BCUT2D eigenvalue weighted by molar-refractivity contribution is 5.97. The fourth-order valence-corrected chi connectivity index (χ4v) is 2.12. The standard InChI is InChI=1S/C15H15N3O3/c19-15(18-11-5-6-20-9-11)13-3-1-2-4-14(13)21-12-7-16-10-17-8-12/h1-4,7-8,10-11H,5-6,9H2,(H,18,19)/t11-/m0/s1. The molecule has 1 aromatic heterocycles. The molecule has 1 atom stereocenters. The van der Waals surface area contributed by atoms with Crippen molar-refractivity contribution in [3.8, 4) is 11.5 Å². The molecule has 6 heteroatoms. The van der Waals surface area contributed by atoms with Crippen molar-refractivity contribution in [3.63, 3.8) is 0 Å². The van der Waals surface area contributed by atoms with Gasteiger partial charge in [-0.3, -0.25) is 4.79 Å². The second kappa shape index (κ2) is 6.32. The van der Waals surface area contributed by atoms with Crippen LogP contribution in [0.3, 0.4) is 0 Å². The largest absolute Gasteiger partial charge is 0.453 e. The van der Waals surface area contributed by atoms with Crippen LogP contribution in [0, 0.1) is 0 Å². The third kappa shape index (κ3) is 3.35. The maximum absolute atomic E-state index is 12.3. The maximum atomic E-state index is 12.3. The summed E-state index contributed by atoms with van der Waals surface area (Å²) in [6, 6.07) is 7.14. The number of rotatable bonds is 4. The zero-order valence-electron chi connectivity index (χ0n) is 11.4. The second-order valence-electron chi connectivity index (χ2n) is 4.71. The highest BCUT2D eigenvalue weighted by Crippen LogP contribution is 2.24. The molecular formula is C15H15N3O3. The summed E-state index contributed by atoms with van der Waals surface area (Å²) >= 11 is 0. The van der Waals surface area contributed by atoms with Crippen LogP contribution in [0.2, 0.25) is 0 Å². The molecule has 3 rings (SSSR count). The quantitative estimate of drug-likeness (QED) is 0.927. The van der Waals surface area contributed by atoms with Crippen molar-refractivity contribution in [3.05, 3.63) is 48.5 Å². The van der Waals surface area contributed by atoms with Crippen molar-refractivity contribution in [2.24, 2.45) is 0 Å². The smallest absolute Gasteiger partial charge is 0.255 e. The molecule has 21 heavy (non-hydrogen) atoms. The van der Waals surface area contributed by atoms with Crippen molar-refractivity contribution in [1.82, 2.24) is 15.3 Å². The topological polar surface area (TPSA) is 73.3 Å². The van der Waals surface area contributed by atoms with Gasteiger partial charge in [0.1, 0.15) is 12.1 Å².